The zero-order valence-corrected chi connectivity index (χ0v) is 7.91. The van der Waals surface area contributed by atoms with Crippen molar-refractivity contribution in [3.05, 3.63) is 33.8 Å². The molecule has 0 spiro atoms. The maximum atomic E-state index is 12.4. The molecule has 0 nitrogen and oxygen atoms in total. The van der Waals surface area contributed by atoms with E-state index in [4.69, 9.17) is 6.42 Å². The van der Waals surface area contributed by atoms with Gasteiger partial charge in [-0.05, 0) is 12.1 Å². The average molecular weight is 249 g/mol. The summed E-state index contributed by atoms with van der Waals surface area (Å²) in [7, 11) is 0. The first-order chi connectivity index (χ1) is 5.96. The van der Waals surface area contributed by atoms with Crippen LogP contribution < -0.4 is 0 Å². The van der Waals surface area contributed by atoms with Crippen LogP contribution in [0.25, 0.3) is 0 Å². The van der Waals surface area contributed by atoms with E-state index in [0.717, 1.165) is 0 Å². The van der Waals surface area contributed by atoms with Gasteiger partial charge in [-0.2, -0.15) is 13.2 Å². The smallest absolute Gasteiger partial charge is 0.166 e. The number of hydrogen-bond donors (Lipinski definition) is 0. The molecule has 4 heteroatoms. The molecule has 0 radical (unpaired) electrons. The van der Waals surface area contributed by atoms with Crippen molar-refractivity contribution < 1.29 is 13.2 Å². The van der Waals surface area contributed by atoms with Gasteiger partial charge in [0, 0.05) is 10.0 Å². The van der Waals surface area contributed by atoms with Gasteiger partial charge in [0.05, 0.1) is 5.56 Å². The molecule has 0 aromatic heterocycles. The van der Waals surface area contributed by atoms with Crippen molar-refractivity contribution in [3.8, 4) is 12.3 Å². The lowest BCUT2D eigenvalue weighted by Gasteiger charge is -2.10. The standard InChI is InChI=1S/C9H4BrF3/c1-2-6-4-3-5-7(10)8(6)9(11,12)13/h1,3-5H. The van der Waals surface area contributed by atoms with E-state index in [9.17, 15) is 13.2 Å². The molecule has 0 bridgehead atoms. The van der Waals surface area contributed by atoms with Crippen LogP contribution in [0, 0.1) is 12.3 Å². The molecule has 0 fully saturated rings. The highest BCUT2D eigenvalue weighted by molar-refractivity contribution is 9.10. The van der Waals surface area contributed by atoms with Gasteiger partial charge in [-0.15, -0.1) is 6.42 Å². The van der Waals surface area contributed by atoms with Gasteiger partial charge in [-0.1, -0.05) is 27.9 Å². The molecule has 1 aromatic carbocycles. The predicted molar refractivity (Wildman–Crippen MR) is 47.1 cm³/mol. The second-order valence-electron chi connectivity index (χ2n) is 2.30. The second-order valence-corrected chi connectivity index (χ2v) is 3.16. The number of alkyl halides is 3. The Balaban J connectivity index is 3.43. The summed E-state index contributed by atoms with van der Waals surface area (Å²) in [6.07, 6.45) is 0.530. The van der Waals surface area contributed by atoms with Crippen LogP contribution in [0.1, 0.15) is 11.1 Å². The highest BCUT2D eigenvalue weighted by atomic mass is 79.9. The van der Waals surface area contributed by atoms with Crippen molar-refractivity contribution in [2.45, 2.75) is 6.18 Å². The molecular weight excluding hydrogens is 245 g/mol. The molecule has 0 unspecified atom stereocenters. The normalized spacial score (nSPS) is 11.0. The molecule has 0 atom stereocenters. The van der Waals surface area contributed by atoms with Gasteiger partial charge in [0.1, 0.15) is 0 Å². The highest BCUT2D eigenvalue weighted by Crippen LogP contribution is 2.36. The molecule has 0 amide bonds. The van der Waals surface area contributed by atoms with E-state index in [1.165, 1.54) is 18.2 Å². The summed E-state index contributed by atoms with van der Waals surface area (Å²) in [5.74, 6) is 1.99. The number of hydrogen-bond acceptors (Lipinski definition) is 0. The van der Waals surface area contributed by atoms with Crippen LogP contribution in [0.2, 0.25) is 0 Å². The van der Waals surface area contributed by atoms with Crippen LogP contribution in [-0.2, 0) is 6.18 Å². The molecular formula is C9H4BrF3. The van der Waals surface area contributed by atoms with E-state index in [1.807, 2.05) is 5.92 Å². The molecule has 0 N–H and O–H groups in total. The summed E-state index contributed by atoms with van der Waals surface area (Å²) in [5.41, 5.74) is -0.945. The molecule has 0 saturated heterocycles. The molecule has 68 valence electrons. The third-order valence-corrected chi connectivity index (χ3v) is 2.11. The van der Waals surface area contributed by atoms with Crippen LogP contribution in [-0.4, -0.2) is 0 Å². The van der Waals surface area contributed by atoms with Crippen molar-refractivity contribution in [2.24, 2.45) is 0 Å². The lowest BCUT2D eigenvalue weighted by atomic mass is 10.1. The molecule has 0 aliphatic rings. The van der Waals surface area contributed by atoms with E-state index in [0.29, 0.717) is 0 Å². The number of halogens is 4. The van der Waals surface area contributed by atoms with Crippen LogP contribution in [0.15, 0.2) is 22.7 Å². The van der Waals surface area contributed by atoms with E-state index in [1.54, 1.807) is 0 Å². The summed E-state index contributed by atoms with van der Waals surface area (Å²) in [5, 5.41) is 0. The van der Waals surface area contributed by atoms with Crippen molar-refractivity contribution in [3.63, 3.8) is 0 Å². The third-order valence-electron chi connectivity index (χ3n) is 1.45. The maximum absolute atomic E-state index is 12.4. The van der Waals surface area contributed by atoms with Crippen molar-refractivity contribution >= 4 is 15.9 Å². The first-order valence-corrected chi connectivity index (χ1v) is 4.08. The summed E-state index contributed by atoms with van der Waals surface area (Å²) in [6.45, 7) is 0. The zero-order chi connectivity index (χ0) is 10.1. The van der Waals surface area contributed by atoms with Gasteiger partial charge >= 0.3 is 6.18 Å². The van der Waals surface area contributed by atoms with E-state index < -0.39 is 11.7 Å². The molecule has 1 rings (SSSR count). The summed E-state index contributed by atoms with van der Waals surface area (Å²) in [4.78, 5) is 0. The SMILES string of the molecule is C#Cc1cccc(Br)c1C(F)(F)F. The summed E-state index contributed by atoms with van der Waals surface area (Å²) >= 11 is 2.81. The van der Waals surface area contributed by atoms with Gasteiger partial charge in [0.15, 0.2) is 0 Å². The molecule has 0 aliphatic carbocycles. The Hall–Kier alpha value is -0.950. The first-order valence-electron chi connectivity index (χ1n) is 3.29. The number of terminal acetylenes is 1. The van der Waals surface area contributed by atoms with Gasteiger partial charge in [-0.25, -0.2) is 0 Å². The maximum Gasteiger partial charge on any atom is 0.418 e. The van der Waals surface area contributed by atoms with Crippen LogP contribution >= 0.6 is 15.9 Å². The number of rotatable bonds is 0. The lowest BCUT2D eigenvalue weighted by molar-refractivity contribution is -0.138. The Morgan fingerprint density at radius 1 is 1.31 bits per heavy atom. The van der Waals surface area contributed by atoms with Crippen LogP contribution in [0.4, 0.5) is 13.2 Å². The molecule has 0 heterocycles. The Bertz CT molecular complexity index is 360. The molecule has 1 aromatic rings. The third kappa shape index (κ3) is 2.04. The fraction of sp³-hybridized carbons (Fsp3) is 0.111. The Morgan fingerprint density at radius 2 is 1.92 bits per heavy atom. The van der Waals surface area contributed by atoms with E-state index in [2.05, 4.69) is 15.9 Å². The van der Waals surface area contributed by atoms with Crippen molar-refractivity contribution in [1.82, 2.24) is 0 Å². The Labute approximate surface area is 81.9 Å². The molecule has 0 aliphatic heterocycles. The minimum Gasteiger partial charge on any atom is -0.166 e. The minimum atomic E-state index is -4.41. The quantitative estimate of drug-likeness (QED) is 0.618. The van der Waals surface area contributed by atoms with Crippen molar-refractivity contribution in [2.75, 3.05) is 0 Å². The second kappa shape index (κ2) is 3.43. The van der Waals surface area contributed by atoms with Gasteiger partial charge in [0.25, 0.3) is 0 Å². The molecule has 0 saturated carbocycles. The summed E-state index contributed by atoms with van der Waals surface area (Å²) < 4.78 is 37.1. The largest absolute Gasteiger partial charge is 0.418 e. The average Bonchev–Trinajstić information content (AvgIpc) is 2.01. The van der Waals surface area contributed by atoms with Crippen LogP contribution in [0.3, 0.4) is 0 Å². The van der Waals surface area contributed by atoms with E-state index >= 15 is 0 Å². The fourth-order valence-corrected chi connectivity index (χ4v) is 1.52. The van der Waals surface area contributed by atoms with Gasteiger partial charge < -0.3 is 0 Å². The minimum absolute atomic E-state index is 0.0320. The number of benzene rings is 1. The highest BCUT2D eigenvalue weighted by Gasteiger charge is 2.35. The fourth-order valence-electron chi connectivity index (χ4n) is 0.933. The molecule has 13 heavy (non-hydrogen) atoms. The first kappa shape index (κ1) is 10.1. The Kier molecular flexibility index (Phi) is 2.67. The van der Waals surface area contributed by atoms with E-state index in [-0.39, 0.29) is 10.0 Å². The van der Waals surface area contributed by atoms with Gasteiger partial charge in [0.2, 0.25) is 0 Å². The Morgan fingerprint density at radius 3 is 2.31 bits per heavy atom. The topological polar surface area (TPSA) is 0 Å². The zero-order valence-electron chi connectivity index (χ0n) is 6.32. The predicted octanol–water partition coefficient (Wildman–Crippen LogP) is 3.45. The summed E-state index contributed by atoms with van der Waals surface area (Å²) in [6, 6.07) is 4.03. The monoisotopic (exact) mass is 248 g/mol. The van der Waals surface area contributed by atoms with Crippen LogP contribution in [0.5, 0.6) is 0 Å². The lowest BCUT2D eigenvalue weighted by Crippen LogP contribution is -2.08. The van der Waals surface area contributed by atoms with Gasteiger partial charge in [-0.3, -0.25) is 0 Å². The van der Waals surface area contributed by atoms with Crippen molar-refractivity contribution in [1.29, 1.82) is 0 Å².